The second-order valence-electron chi connectivity index (χ2n) is 7.17. The Morgan fingerprint density at radius 2 is 2.09 bits per heavy atom. The largest absolute Gasteiger partial charge is 0.461 e. The van der Waals surface area contributed by atoms with Gasteiger partial charge < -0.3 is 9.73 Å². The monoisotopic (exact) mass is 542 g/mol. The molecule has 1 aromatic carbocycles. The van der Waals surface area contributed by atoms with Crippen LogP contribution in [0.1, 0.15) is 21.1 Å². The van der Waals surface area contributed by atoms with Crippen molar-refractivity contribution in [1.82, 2.24) is 30.0 Å². The number of halogens is 2. The van der Waals surface area contributed by atoms with Crippen molar-refractivity contribution in [1.29, 1.82) is 0 Å². The van der Waals surface area contributed by atoms with Gasteiger partial charge in [-0.3, -0.25) is 14.3 Å². The molecule has 176 valence electrons. The van der Waals surface area contributed by atoms with Crippen molar-refractivity contribution in [2.75, 3.05) is 0 Å². The molecule has 0 fully saturated rings. The molecule has 0 aliphatic carbocycles. The number of hydrogen-bond acceptors (Lipinski definition) is 8. The normalized spacial score (nSPS) is 11.0. The van der Waals surface area contributed by atoms with E-state index in [2.05, 4.69) is 25.5 Å². The van der Waals surface area contributed by atoms with Gasteiger partial charge in [-0.2, -0.15) is 0 Å². The smallest absolute Gasteiger partial charge is 0.271 e. The zero-order chi connectivity index (χ0) is 24.2. The van der Waals surface area contributed by atoms with Crippen LogP contribution in [0.2, 0.25) is 10.0 Å². The van der Waals surface area contributed by atoms with Crippen molar-refractivity contribution in [2.24, 2.45) is 0 Å². The van der Waals surface area contributed by atoms with Crippen LogP contribution in [0.5, 0.6) is 0 Å². The summed E-state index contributed by atoms with van der Waals surface area (Å²) >= 11 is 15.5. The number of carbonyl (C=O) groups is 1. The number of nitrogens with zero attached hydrogens (tertiary/aromatic N) is 5. The Bertz CT molecular complexity index is 1450. The number of benzene rings is 1. The minimum absolute atomic E-state index is 0.240. The first-order valence-corrected chi connectivity index (χ1v) is 12.9. The summed E-state index contributed by atoms with van der Waals surface area (Å²) in [5, 5.41) is 15.6. The van der Waals surface area contributed by atoms with Crippen molar-refractivity contribution in [2.45, 2.75) is 17.5 Å². The van der Waals surface area contributed by atoms with E-state index in [9.17, 15) is 4.79 Å². The highest BCUT2D eigenvalue weighted by molar-refractivity contribution is 7.98. The summed E-state index contributed by atoms with van der Waals surface area (Å²) in [5.74, 6) is 1.28. The lowest BCUT2D eigenvalue weighted by atomic mass is 10.3. The van der Waals surface area contributed by atoms with Gasteiger partial charge in [-0.1, -0.05) is 41.0 Å². The molecule has 0 spiro atoms. The fraction of sp³-hybridized carbons (Fsp3) is 0.0870. The topological polar surface area (TPSA) is 98.7 Å². The van der Waals surface area contributed by atoms with Gasteiger partial charge in [-0.15, -0.1) is 21.5 Å². The SMILES string of the molecule is O=C(NCc1cccnc1)c1csc(CSc2nnc(-c3ccco3)n2-c2cc(Cl)ccc2Cl)n1. The molecule has 0 saturated carbocycles. The number of nitrogens with one attached hydrogen (secondary N) is 1. The first-order valence-electron chi connectivity index (χ1n) is 10.3. The van der Waals surface area contributed by atoms with Gasteiger partial charge in [0.1, 0.15) is 10.7 Å². The minimum Gasteiger partial charge on any atom is -0.461 e. The summed E-state index contributed by atoms with van der Waals surface area (Å²) in [6.07, 6.45) is 4.97. The quantitative estimate of drug-likeness (QED) is 0.243. The number of amides is 1. The van der Waals surface area contributed by atoms with Crippen molar-refractivity contribution in [3.05, 3.63) is 92.8 Å². The van der Waals surface area contributed by atoms with Crippen LogP contribution in [0, 0.1) is 0 Å². The lowest BCUT2D eigenvalue weighted by Crippen LogP contribution is -2.23. The molecule has 5 rings (SSSR count). The standard InChI is InChI=1S/C23H16Cl2N6O2S2/c24-15-5-6-16(25)18(9-15)31-21(19-4-2-8-33-19)29-30-23(31)35-13-20-28-17(12-34-20)22(32)27-11-14-3-1-7-26-10-14/h1-10,12H,11,13H2,(H,27,32). The lowest BCUT2D eigenvalue weighted by Gasteiger charge is -2.11. The second kappa shape index (κ2) is 10.6. The van der Waals surface area contributed by atoms with Crippen molar-refractivity contribution in [3.63, 3.8) is 0 Å². The molecule has 12 heteroatoms. The van der Waals surface area contributed by atoms with Gasteiger partial charge in [0.2, 0.25) is 5.82 Å². The van der Waals surface area contributed by atoms with Gasteiger partial charge in [-0.05, 0) is 42.0 Å². The number of thiazole rings is 1. The molecule has 4 aromatic heterocycles. The van der Waals surface area contributed by atoms with Gasteiger partial charge in [0, 0.05) is 29.3 Å². The number of rotatable bonds is 8. The van der Waals surface area contributed by atoms with Gasteiger partial charge in [0.15, 0.2) is 10.9 Å². The van der Waals surface area contributed by atoms with Crippen LogP contribution in [0.4, 0.5) is 0 Å². The Morgan fingerprint density at radius 1 is 1.17 bits per heavy atom. The Balaban J connectivity index is 1.34. The Labute approximate surface area is 218 Å². The number of furan rings is 1. The number of thioether (sulfide) groups is 1. The molecule has 0 aliphatic rings. The number of hydrogen-bond donors (Lipinski definition) is 1. The van der Waals surface area contributed by atoms with Crippen LogP contribution in [0.3, 0.4) is 0 Å². The molecule has 1 amide bonds. The van der Waals surface area contributed by atoms with E-state index in [0.717, 1.165) is 10.6 Å². The Morgan fingerprint density at radius 3 is 2.89 bits per heavy atom. The van der Waals surface area contributed by atoms with E-state index >= 15 is 0 Å². The molecule has 5 aromatic rings. The maximum atomic E-state index is 12.5. The first-order chi connectivity index (χ1) is 17.1. The van der Waals surface area contributed by atoms with E-state index in [1.807, 2.05) is 12.1 Å². The maximum absolute atomic E-state index is 12.5. The molecule has 0 aliphatic heterocycles. The third-order valence-corrected chi connectivity index (χ3v) is 7.34. The van der Waals surface area contributed by atoms with Crippen LogP contribution in [-0.4, -0.2) is 30.6 Å². The Kier molecular flexibility index (Phi) is 7.14. The van der Waals surface area contributed by atoms with Crippen molar-refractivity contribution < 1.29 is 9.21 Å². The van der Waals surface area contributed by atoms with Gasteiger partial charge in [0.05, 0.1) is 22.7 Å². The predicted molar refractivity (Wildman–Crippen MR) is 136 cm³/mol. The molecule has 4 heterocycles. The summed E-state index contributed by atoms with van der Waals surface area (Å²) in [6.45, 7) is 0.382. The molecule has 0 unspecified atom stereocenters. The van der Waals surface area contributed by atoms with E-state index in [0.29, 0.717) is 50.5 Å². The van der Waals surface area contributed by atoms with Gasteiger partial charge in [0.25, 0.3) is 5.91 Å². The highest BCUT2D eigenvalue weighted by Gasteiger charge is 2.21. The fourth-order valence-electron chi connectivity index (χ4n) is 3.19. The maximum Gasteiger partial charge on any atom is 0.271 e. The van der Waals surface area contributed by atoms with E-state index < -0.39 is 0 Å². The third-order valence-electron chi connectivity index (χ3n) is 4.81. The highest BCUT2D eigenvalue weighted by atomic mass is 35.5. The van der Waals surface area contributed by atoms with Gasteiger partial charge >= 0.3 is 0 Å². The zero-order valence-electron chi connectivity index (χ0n) is 17.9. The van der Waals surface area contributed by atoms with E-state index in [1.165, 1.54) is 23.1 Å². The predicted octanol–water partition coefficient (Wildman–Crippen LogP) is 5.91. The molecule has 0 bridgehead atoms. The molecule has 0 atom stereocenters. The van der Waals surface area contributed by atoms with E-state index in [-0.39, 0.29) is 5.91 Å². The molecule has 0 radical (unpaired) electrons. The molecule has 1 N–H and O–H groups in total. The van der Waals surface area contributed by atoms with E-state index in [4.69, 9.17) is 27.6 Å². The summed E-state index contributed by atoms with van der Waals surface area (Å²) < 4.78 is 7.34. The summed E-state index contributed by atoms with van der Waals surface area (Å²) in [7, 11) is 0. The summed E-state index contributed by atoms with van der Waals surface area (Å²) in [6, 6.07) is 12.5. The zero-order valence-corrected chi connectivity index (χ0v) is 21.0. The molecular formula is C23H16Cl2N6O2S2. The molecule has 8 nitrogen and oxygen atoms in total. The van der Waals surface area contributed by atoms with Crippen LogP contribution >= 0.6 is 46.3 Å². The second-order valence-corrected chi connectivity index (χ2v) is 9.90. The average Bonchev–Trinajstić information content (AvgIpc) is 3.64. The highest BCUT2D eigenvalue weighted by Crippen LogP contribution is 2.34. The van der Waals surface area contributed by atoms with Crippen LogP contribution in [-0.2, 0) is 12.3 Å². The summed E-state index contributed by atoms with van der Waals surface area (Å²) in [4.78, 5) is 21.0. The van der Waals surface area contributed by atoms with Crippen LogP contribution < -0.4 is 5.32 Å². The number of pyridine rings is 1. The number of aromatic nitrogens is 5. The third kappa shape index (κ3) is 5.40. The van der Waals surface area contributed by atoms with Crippen molar-refractivity contribution >= 4 is 52.2 Å². The summed E-state index contributed by atoms with van der Waals surface area (Å²) in [5.41, 5.74) is 1.91. The van der Waals surface area contributed by atoms with Crippen LogP contribution in [0.25, 0.3) is 17.3 Å². The Hall–Kier alpha value is -3.18. The van der Waals surface area contributed by atoms with E-state index in [1.54, 1.807) is 58.9 Å². The lowest BCUT2D eigenvalue weighted by molar-refractivity contribution is 0.0946. The average molecular weight is 543 g/mol. The molecule has 0 saturated heterocycles. The van der Waals surface area contributed by atoms with Gasteiger partial charge in [-0.25, -0.2) is 4.98 Å². The van der Waals surface area contributed by atoms with Crippen LogP contribution in [0.15, 0.2) is 76.1 Å². The van der Waals surface area contributed by atoms with Crippen molar-refractivity contribution in [3.8, 4) is 17.3 Å². The molecular weight excluding hydrogens is 527 g/mol. The molecule has 35 heavy (non-hydrogen) atoms. The number of carbonyl (C=O) groups excluding carboxylic acids is 1. The minimum atomic E-state index is -0.240. The first kappa shape index (κ1) is 23.6. The fourth-order valence-corrected chi connectivity index (χ4v) is 5.29.